The molecule has 1 aliphatic rings. The molecule has 1 fully saturated rings. The summed E-state index contributed by atoms with van der Waals surface area (Å²) in [7, 11) is -0.564. The first-order valence-corrected chi connectivity index (χ1v) is 11.3. The van der Waals surface area contributed by atoms with E-state index in [2.05, 4.69) is 5.32 Å². The SMILES string of the molecule is CC1(C)OB(c2cccc(C(=O)Nc3ccc(COCc4ccccc4)c(F)c3)c2)OC1(C)C. The van der Waals surface area contributed by atoms with Crippen LogP contribution in [0, 0.1) is 5.82 Å². The Hall–Kier alpha value is -3.00. The Kier molecular flexibility index (Phi) is 6.89. The predicted octanol–water partition coefficient (Wildman–Crippen LogP) is 5.09. The molecule has 4 rings (SSSR count). The van der Waals surface area contributed by atoms with Crippen LogP contribution in [0.3, 0.4) is 0 Å². The minimum atomic E-state index is -0.564. The number of amides is 1. The summed E-state index contributed by atoms with van der Waals surface area (Å²) in [6.45, 7) is 8.47. The third-order valence-corrected chi connectivity index (χ3v) is 6.35. The molecule has 5 nitrogen and oxygen atoms in total. The first-order valence-electron chi connectivity index (χ1n) is 11.3. The van der Waals surface area contributed by atoms with Crippen molar-refractivity contribution in [3.8, 4) is 0 Å². The van der Waals surface area contributed by atoms with Crippen LogP contribution >= 0.6 is 0 Å². The van der Waals surface area contributed by atoms with E-state index in [1.807, 2.05) is 64.1 Å². The maximum atomic E-state index is 14.6. The fourth-order valence-electron chi connectivity index (χ4n) is 3.60. The zero-order valence-corrected chi connectivity index (χ0v) is 19.9. The van der Waals surface area contributed by atoms with Crippen LogP contribution in [0.1, 0.15) is 49.2 Å². The summed E-state index contributed by atoms with van der Waals surface area (Å²) in [5.74, 6) is -0.775. The molecular weight excluding hydrogens is 432 g/mol. The van der Waals surface area contributed by atoms with Crippen molar-refractivity contribution in [1.82, 2.24) is 0 Å². The standard InChI is InChI=1S/C27H29BFNO4/c1-26(2)27(3,4)34-28(33-26)22-12-8-11-20(15-22)25(31)30-23-14-13-21(24(29)16-23)18-32-17-19-9-6-5-7-10-19/h5-16H,17-18H2,1-4H3,(H,30,31). The number of anilines is 1. The Morgan fingerprint density at radius 3 is 2.29 bits per heavy atom. The lowest BCUT2D eigenvalue weighted by atomic mass is 9.78. The molecule has 3 aromatic carbocycles. The molecule has 1 amide bonds. The molecule has 0 unspecified atom stereocenters. The quantitative estimate of drug-likeness (QED) is 0.498. The highest BCUT2D eigenvalue weighted by molar-refractivity contribution is 6.62. The Morgan fingerprint density at radius 2 is 1.62 bits per heavy atom. The smallest absolute Gasteiger partial charge is 0.399 e. The summed E-state index contributed by atoms with van der Waals surface area (Å²) in [5, 5.41) is 2.76. The minimum Gasteiger partial charge on any atom is -0.399 e. The number of ether oxygens (including phenoxy) is 1. The minimum absolute atomic E-state index is 0.144. The number of hydrogen-bond acceptors (Lipinski definition) is 4. The molecule has 3 aromatic rings. The average Bonchev–Trinajstić information content (AvgIpc) is 3.03. The van der Waals surface area contributed by atoms with E-state index in [0.29, 0.717) is 23.4 Å². The van der Waals surface area contributed by atoms with Gasteiger partial charge in [-0.2, -0.15) is 0 Å². The summed E-state index contributed by atoms with van der Waals surface area (Å²) < 4.78 is 32.3. The monoisotopic (exact) mass is 461 g/mol. The van der Waals surface area contributed by atoms with Crippen molar-refractivity contribution in [3.63, 3.8) is 0 Å². The van der Waals surface area contributed by atoms with E-state index in [1.54, 1.807) is 30.3 Å². The summed E-state index contributed by atoms with van der Waals surface area (Å²) in [6, 6.07) is 21.4. The van der Waals surface area contributed by atoms with Crippen LogP contribution in [0.5, 0.6) is 0 Å². The number of halogens is 1. The third kappa shape index (κ3) is 5.38. The number of carbonyl (C=O) groups is 1. The number of nitrogens with one attached hydrogen (secondary N) is 1. The van der Waals surface area contributed by atoms with Gasteiger partial charge in [-0.05, 0) is 63.0 Å². The fraction of sp³-hybridized carbons (Fsp3) is 0.296. The molecule has 0 spiro atoms. The molecule has 7 heteroatoms. The molecule has 0 atom stereocenters. The van der Waals surface area contributed by atoms with E-state index in [9.17, 15) is 9.18 Å². The van der Waals surface area contributed by atoms with E-state index in [4.69, 9.17) is 14.0 Å². The van der Waals surface area contributed by atoms with E-state index in [0.717, 1.165) is 11.0 Å². The van der Waals surface area contributed by atoms with Crippen LogP contribution in [0.4, 0.5) is 10.1 Å². The number of rotatable bonds is 7. The summed E-state index contributed by atoms with van der Waals surface area (Å²) in [5.41, 5.74) is 2.06. The average molecular weight is 461 g/mol. The molecule has 0 aliphatic carbocycles. The number of hydrogen-bond donors (Lipinski definition) is 1. The largest absolute Gasteiger partial charge is 0.494 e. The highest BCUT2D eigenvalue weighted by Gasteiger charge is 2.51. The second kappa shape index (κ2) is 9.70. The van der Waals surface area contributed by atoms with E-state index in [1.165, 1.54) is 6.07 Å². The molecule has 34 heavy (non-hydrogen) atoms. The van der Waals surface area contributed by atoms with Crippen molar-refractivity contribution in [1.29, 1.82) is 0 Å². The first-order chi connectivity index (χ1) is 16.1. The highest BCUT2D eigenvalue weighted by Crippen LogP contribution is 2.36. The van der Waals surface area contributed by atoms with Crippen molar-refractivity contribution in [2.45, 2.75) is 52.1 Å². The Labute approximate surface area is 200 Å². The van der Waals surface area contributed by atoms with Crippen LogP contribution in [-0.4, -0.2) is 24.2 Å². The Morgan fingerprint density at radius 1 is 0.912 bits per heavy atom. The van der Waals surface area contributed by atoms with Gasteiger partial charge < -0.3 is 19.4 Å². The fourth-order valence-corrected chi connectivity index (χ4v) is 3.60. The maximum Gasteiger partial charge on any atom is 0.494 e. The Bertz CT molecular complexity index is 1150. The molecule has 0 bridgehead atoms. The van der Waals surface area contributed by atoms with E-state index < -0.39 is 24.1 Å². The van der Waals surface area contributed by atoms with Gasteiger partial charge in [-0.15, -0.1) is 0 Å². The van der Waals surface area contributed by atoms with Gasteiger partial charge in [-0.3, -0.25) is 4.79 Å². The third-order valence-electron chi connectivity index (χ3n) is 6.35. The second-order valence-electron chi connectivity index (χ2n) is 9.45. The maximum absolute atomic E-state index is 14.6. The molecule has 0 aromatic heterocycles. The molecule has 0 radical (unpaired) electrons. The lowest BCUT2D eigenvalue weighted by molar-refractivity contribution is 0.00578. The zero-order chi connectivity index (χ0) is 24.3. The van der Waals surface area contributed by atoms with Gasteiger partial charge in [0.25, 0.3) is 5.91 Å². The number of carbonyl (C=O) groups excluding carboxylic acids is 1. The van der Waals surface area contributed by atoms with Crippen LogP contribution < -0.4 is 10.8 Å². The molecule has 1 N–H and O–H groups in total. The lowest BCUT2D eigenvalue weighted by Crippen LogP contribution is -2.41. The van der Waals surface area contributed by atoms with Gasteiger partial charge in [0.15, 0.2) is 0 Å². The van der Waals surface area contributed by atoms with E-state index >= 15 is 0 Å². The normalized spacial score (nSPS) is 16.4. The molecule has 176 valence electrons. The van der Waals surface area contributed by atoms with Gasteiger partial charge in [0.05, 0.1) is 24.4 Å². The highest BCUT2D eigenvalue weighted by atomic mass is 19.1. The number of benzene rings is 3. The second-order valence-corrected chi connectivity index (χ2v) is 9.45. The first kappa shape index (κ1) is 24.1. The van der Waals surface area contributed by atoms with Crippen LogP contribution in [0.15, 0.2) is 72.8 Å². The molecule has 1 saturated heterocycles. The van der Waals surface area contributed by atoms with Crippen molar-refractivity contribution >= 4 is 24.2 Å². The van der Waals surface area contributed by atoms with Gasteiger partial charge >= 0.3 is 7.12 Å². The van der Waals surface area contributed by atoms with Crippen LogP contribution in [-0.2, 0) is 27.3 Å². The summed E-state index contributed by atoms with van der Waals surface area (Å²) >= 11 is 0. The van der Waals surface area contributed by atoms with Gasteiger partial charge in [0, 0.05) is 16.8 Å². The van der Waals surface area contributed by atoms with Crippen LogP contribution in [0.2, 0.25) is 0 Å². The summed E-state index contributed by atoms with van der Waals surface area (Å²) in [6.07, 6.45) is 0. The summed E-state index contributed by atoms with van der Waals surface area (Å²) in [4.78, 5) is 12.8. The van der Waals surface area contributed by atoms with Crippen molar-refractivity contribution < 1.29 is 23.2 Å². The molecule has 1 aliphatic heterocycles. The van der Waals surface area contributed by atoms with Gasteiger partial charge in [0.1, 0.15) is 5.82 Å². The Balaban J connectivity index is 1.38. The predicted molar refractivity (Wildman–Crippen MR) is 131 cm³/mol. The topological polar surface area (TPSA) is 56.8 Å². The van der Waals surface area contributed by atoms with Gasteiger partial charge in [-0.25, -0.2) is 4.39 Å². The molecule has 0 saturated carbocycles. The van der Waals surface area contributed by atoms with Crippen molar-refractivity contribution in [2.75, 3.05) is 5.32 Å². The van der Waals surface area contributed by atoms with Crippen molar-refractivity contribution in [2.24, 2.45) is 0 Å². The van der Waals surface area contributed by atoms with Gasteiger partial charge in [0.2, 0.25) is 0 Å². The molecule has 1 heterocycles. The van der Waals surface area contributed by atoms with Crippen LogP contribution in [0.25, 0.3) is 0 Å². The van der Waals surface area contributed by atoms with Gasteiger partial charge in [-0.1, -0.05) is 48.5 Å². The van der Waals surface area contributed by atoms with E-state index in [-0.39, 0.29) is 12.5 Å². The molecular formula is C27H29BFNO4. The van der Waals surface area contributed by atoms with Crippen molar-refractivity contribution in [3.05, 3.63) is 95.3 Å². The lowest BCUT2D eigenvalue weighted by Gasteiger charge is -2.32. The zero-order valence-electron chi connectivity index (χ0n) is 19.9.